The second-order valence-electron chi connectivity index (χ2n) is 7.82. The molecular weight excluding hydrogens is 385 g/mol. The van der Waals surface area contributed by atoms with Crippen LogP contribution in [-0.4, -0.2) is 11.0 Å². The number of hydrogen-bond donors (Lipinski definition) is 2. The molecule has 152 valence electrons. The molecule has 0 bridgehead atoms. The number of benzene rings is 3. The predicted octanol–water partition coefficient (Wildman–Crippen LogP) is 6.75. The lowest BCUT2D eigenvalue weighted by atomic mass is 9.77. The molecule has 0 aliphatic heterocycles. The lowest BCUT2D eigenvalue weighted by Crippen LogP contribution is -2.32. The molecule has 0 spiro atoms. The highest BCUT2D eigenvalue weighted by Gasteiger charge is 2.35. The first kappa shape index (κ1) is 18.8. The van der Waals surface area contributed by atoms with E-state index in [9.17, 15) is 13.2 Å². The number of fused-ring (bicyclic) bond motifs is 3. The van der Waals surface area contributed by atoms with Gasteiger partial charge in [-0.15, -0.1) is 0 Å². The molecule has 2 atom stereocenters. The Kier molecular flexibility index (Phi) is 4.54. The average Bonchev–Trinajstić information content (AvgIpc) is 3.12. The van der Waals surface area contributed by atoms with E-state index in [2.05, 4.69) is 22.4 Å². The normalized spacial score (nSPS) is 18.9. The van der Waals surface area contributed by atoms with Crippen LogP contribution in [0.25, 0.3) is 10.9 Å². The maximum absolute atomic E-state index is 13.2. The maximum atomic E-state index is 13.2. The van der Waals surface area contributed by atoms with Crippen molar-refractivity contribution in [2.75, 3.05) is 5.32 Å². The first-order valence-electron chi connectivity index (χ1n) is 10.1. The fourth-order valence-electron chi connectivity index (χ4n) is 4.63. The number of aryl methyl sites for hydroxylation is 1. The third kappa shape index (κ3) is 3.34. The van der Waals surface area contributed by atoms with Crippen molar-refractivity contribution < 1.29 is 13.2 Å². The van der Waals surface area contributed by atoms with E-state index in [4.69, 9.17) is 0 Å². The van der Waals surface area contributed by atoms with E-state index in [1.807, 2.05) is 48.5 Å². The van der Waals surface area contributed by atoms with Crippen molar-refractivity contribution in [2.24, 2.45) is 0 Å². The Labute approximate surface area is 172 Å². The first-order chi connectivity index (χ1) is 14.5. The van der Waals surface area contributed by atoms with Gasteiger partial charge in [0.25, 0.3) is 0 Å². The number of para-hydroxylation sites is 1. The second kappa shape index (κ2) is 7.24. The number of aromatic amines is 1. The van der Waals surface area contributed by atoms with Crippen LogP contribution >= 0.6 is 0 Å². The van der Waals surface area contributed by atoms with Crippen molar-refractivity contribution in [1.29, 1.82) is 0 Å². The molecule has 0 saturated heterocycles. The molecular formula is C25H21F3N2. The van der Waals surface area contributed by atoms with Gasteiger partial charge in [-0.05, 0) is 48.2 Å². The van der Waals surface area contributed by atoms with Gasteiger partial charge < -0.3 is 10.3 Å². The van der Waals surface area contributed by atoms with Gasteiger partial charge in [0.2, 0.25) is 0 Å². The van der Waals surface area contributed by atoms with Crippen molar-refractivity contribution in [3.05, 3.63) is 101 Å². The minimum atomic E-state index is -4.35. The van der Waals surface area contributed by atoms with Gasteiger partial charge in [-0.25, -0.2) is 0 Å². The standard InChI is InChI=1S/C25H21F3N2/c26-25(27,28)17-11-12-19-22(15-17)30-21-14-13-20(29-18-9-5-2-6-10-18)23(24(19)21)16-7-3-1-4-8-16/h1-12,15,20,23,29-30H,13-14H2. The van der Waals surface area contributed by atoms with Crippen molar-refractivity contribution in [3.8, 4) is 0 Å². The Morgan fingerprint density at radius 2 is 1.57 bits per heavy atom. The number of anilines is 1. The van der Waals surface area contributed by atoms with Gasteiger partial charge in [0.05, 0.1) is 5.56 Å². The average molecular weight is 406 g/mol. The summed E-state index contributed by atoms with van der Waals surface area (Å²) in [5, 5.41) is 4.53. The summed E-state index contributed by atoms with van der Waals surface area (Å²) in [6.07, 6.45) is -2.67. The van der Waals surface area contributed by atoms with E-state index < -0.39 is 11.7 Å². The summed E-state index contributed by atoms with van der Waals surface area (Å²) in [6, 6.07) is 24.5. The minimum Gasteiger partial charge on any atom is -0.381 e. The van der Waals surface area contributed by atoms with Gasteiger partial charge in [-0.3, -0.25) is 0 Å². The van der Waals surface area contributed by atoms with Gasteiger partial charge in [0, 0.05) is 34.2 Å². The summed E-state index contributed by atoms with van der Waals surface area (Å²) in [5.41, 5.74) is 4.27. The third-order valence-electron chi connectivity index (χ3n) is 5.95. The summed E-state index contributed by atoms with van der Waals surface area (Å²) >= 11 is 0. The molecule has 3 aromatic carbocycles. The van der Waals surface area contributed by atoms with Crippen LogP contribution < -0.4 is 5.32 Å². The third-order valence-corrected chi connectivity index (χ3v) is 5.95. The van der Waals surface area contributed by atoms with E-state index in [1.54, 1.807) is 6.07 Å². The first-order valence-corrected chi connectivity index (χ1v) is 10.1. The summed E-state index contributed by atoms with van der Waals surface area (Å²) in [6.45, 7) is 0. The van der Waals surface area contributed by atoms with Crippen LogP contribution in [0, 0.1) is 0 Å². The lowest BCUT2D eigenvalue weighted by Gasteiger charge is -2.34. The number of halogens is 3. The van der Waals surface area contributed by atoms with Crippen LogP contribution in [0.4, 0.5) is 18.9 Å². The highest BCUT2D eigenvalue weighted by Crippen LogP contribution is 2.43. The molecule has 2 unspecified atom stereocenters. The van der Waals surface area contributed by atoms with Gasteiger partial charge >= 0.3 is 6.18 Å². The van der Waals surface area contributed by atoms with Crippen molar-refractivity contribution >= 4 is 16.6 Å². The summed E-state index contributed by atoms with van der Waals surface area (Å²) in [7, 11) is 0. The Balaban J connectivity index is 1.64. The Morgan fingerprint density at radius 3 is 2.27 bits per heavy atom. The van der Waals surface area contributed by atoms with E-state index >= 15 is 0 Å². The second-order valence-corrected chi connectivity index (χ2v) is 7.82. The van der Waals surface area contributed by atoms with Gasteiger partial charge in [0.15, 0.2) is 0 Å². The molecule has 1 heterocycles. The molecule has 2 N–H and O–H groups in total. The predicted molar refractivity (Wildman–Crippen MR) is 114 cm³/mol. The zero-order valence-electron chi connectivity index (χ0n) is 16.2. The van der Waals surface area contributed by atoms with Crippen LogP contribution in [0.15, 0.2) is 78.9 Å². The summed E-state index contributed by atoms with van der Waals surface area (Å²) in [4.78, 5) is 3.28. The van der Waals surface area contributed by atoms with Crippen LogP contribution in [0.5, 0.6) is 0 Å². The number of hydrogen-bond acceptors (Lipinski definition) is 1. The van der Waals surface area contributed by atoms with E-state index in [0.717, 1.165) is 40.7 Å². The molecule has 0 radical (unpaired) electrons. The molecule has 4 aromatic rings. The summed E-state index contributed by atoms with van der Waals surface area (Å²) < 4.78 is 39.7. The van der Waals surface area contributed by atoms with Crippen LogP contribution in [0.3, 0.4) is 0 Å². The van der Waals surface area contributed by atoms with Crippen molar-refractivity contribution in [2.45, 2.75) is 31.0 Å². The van der Waals surface area contributed by atoms with Crippen LogP contribution in [-0.2, 0) is 12.6 Å². The fourth-order valence-corrected chi connectivity index (χ4v) is 4.63. The zero-order valence-corrected chi connectivity index (χ0v) is 16.2. The van der Waals surface area contributed by atoms with E-state index in [1.165, 1.54) is 12.1 Å². The zero-order chi connectivity index (χ0) is 20.7. The molecule has 5 heteroatoms. The summed E-state index contributed by atoms with van der Waals surface area (Å²) in [5.74, 6) is 0.0423. The van der Waals surface area contributed by atoms with Crippen LogP contribution in [0.1, 0.15) is 34.7 Å². The smallest absolute Gasteiger partial charge is 0.381 e. The molecule has 0 fully saturated rings. The van der Waals surface area contributed by atoms with Gasteiger partial charge in [0.1, 0.15) is 0 Å². The van der Waals surface area contributed by atoms with E-state index in [0.29, 0.717) is 5.52 Å². The Hall–Kier alpha value is -3.21. The minimum absolute atomic E-state index is 0.0423. The fraction of sp³-hybridized carbons (Fsp3) is 0.200. The van der Waals surface area contributed by atoms with Crippen LogP contribution in [0.2, 0.25) is 0 Å². The topological polar surface area (TPSA) is 27.8 Å². The van der Waals surface area contributed by atoms with Crippen molar-refractivity contribution in [1.82, 2.24) is 4.98 Å². The number of rotatable bonds is 3. The molecule has 1 aliphatic carbocycles. The molecule has 0 saturated carbocycles. The molecule has 0 amide bonds. The number of H-pyrrole nitrogens is 1. The Morgan fingerprint density at radius 1 is 0.867 bits per heavy atom. The number of nitrogens with one attached hydrogen (secondary N) is 2. The highest BCUT2D eigenvalue weighted by atomic mass is 19.4. The molecule has 2 nitrogen and oxygen atoms in total. The SMILES string of the molecule is FC(F)(F)c1ccc2c3c([nH]c2c1)CCC(Nc1ccccc1)C3c1ccccc1. The largest absolute Gasteiger partial charge is 0.416 e. The van der Waals surface area contributed by atoms with Gasteiger partial charge in [-0.1, -0.05) is 54.6 Å². The lowest BCUT2D eigenvalue weighted by molar-refractivity contribution is -0.137. The molecule has 1 aliphatic rings. The van der Waals surface area contributed by atoms with Crippen molar-refractivity contribution in [3.63, 3.8) is 0 Å². The Bertz CT molecular complexity index is 1160. The quantitative estimate of drug-likeness (QED) is 0.387. The highest BCUT2D eigenvalue weighted by molar-refractivity contribution is 5.87. The molecule has 5 rings (SSSR count). The molecule has 30 heavy (non-hydrogen) atoms. The maximum Gasteiger partial charge on any atom is 0.416 e. The number of aromatic nitrogens is 1. The monoisotopic (exact) mass is 406 g/mol. The number of alkyl halides is 3. The van der Waals surface area contributed by atoms with E-state index in [-0.39, 0.29) is 12.0 Å². The molecule has 1 aromatic heterocycles. The van der Waals surface area contributed by atoms with Gasteiger partial charge in [-0.2, -0.15) is 13.2 Å².